The van der Waals surface area contributed by atoms with Crippen molar-refractivity contribution in [2.45, 2.75) is 6.92 Å². The van der Waals surface area contributed by atoms with Crippen LogP contribution < -0.4 is 26.2 Å². The molecule has 17 rings (SSSR count). The summed E-state index contributed by atoms with van der Waals surface area (Å²) >= 11 is 0. The van der Waals surface area contributed by atoms with Gasteiger partial charge in [0, 0.05) is 67.0 Å². The Balaban J connectivity index is 0.999. The highest BCUT2D eigenvalue weighted by atomic mass is 15.2. The first-order valence-corrected chi connectivity index (χ1v) is 29.1. The lowest BCUT2D eigenvalue weighted by Crippen LogP contribution is -2.61. The monoisotopic (exact) mass is 1070 g/mol. The summed E-state index contributed by atoms with van der Waals surface area (Å²) in [4.78, 5) is 5.17. The van der Waals surface area contributed by atoms with E-state index in [1.165, 1.54) is 87.8 Å². The SMILES string of the molecule is Cc1cc2c3c(c1)N(c1cc(-c4ccccc4)cc(-c4ccccc4)c1)c1ccc(-n4c5ccccc5c5ccccc54)cc1B3c1cc(-n3c4ccccc4c4ccccc43)ccc1N2c1cc(-c2ccccc2)cc(-c2ccccc2)c1. The van der Waals surface area contributed by atoms with E-state index in [9.17, 15) is 0 Å². The average molecular weight is 1070 g/mol. The molecule has 0 bridgehead atoms. The molecule has 4 heterocycles. The van der Waals surface area contributed by atoms with E-state index >= 15 is 0 Å². The van der Waals surface area contributed by atoms with Crippen LogP contribution in [0, 0.1) is 6.92 Å². The number of nitrogens with zero attached hydrogens (tertiary/aromatic N) is 4. The topological polar surface area (TPSA) is 16.3 Å². The number of rotatable bonds is 8. The van der Waals surface area contributed by atoms with E-state index < -0.39 is 0 Å². The van der Waals surface area contributed by atoms with E-state index in [1.807, 2.05) is 0 Å². The summed E-state index contributed by atoms with van der Waals surface area (Å²) in [6, 6.07) is 113. The fraction of sp³-hybridized carbons (Fsp3) is 0.0127. The van der Waals surface area contributed by atoms with Gasteiger partial charge in [-0.05, 0) is 183 Å². The predicted molar refractivity (Wildman–Crippen MR) is 356 cm³/mol. The molecule has 84 heavy (non-hydrogen) atoms. The van der Waals surface area contributed by atoms with E-state index in [0.29, 0.717) is 0 Å². The minimum absolute atomic E-state index is 0.189. The van der Waals surface area contributed by atoms with Gasteiger partial charge < -0.3 is 18.9 Å². The Morgan fingerprint density at radius 2 is 0.536 bits per heavy atom. The number of anilines is 6. The van der Waals surface area contributed by atoms with Crippen molar-refractivity contribution in [2.24, 2.45) is 0 Å². The third-order valence-corrected chi connectivity index (χ3v) is 17.6. The van der Waals surface area contributed by atoms with E-state index in [1.54, 1.807) is 0 Å². The zero-order chi connectivity index (χ0) is 55.4. The summed E-state index contributed by atoms with van der Waals surface area (Å²) in [5.74, 6) is 0. The van der Waals surface area contributed by atoms with E-state index in [2.05, 4.69) is 329 Å². The molecule has 0 radical (unpaired) electrons. The molecule has 2 aromatic heterocycles. The molecule has 15 aromatic rings. The molecule has 4 nitrogen and oxygen atoms in total. The van der Waals surface area contributed by atoms with Crippen molar-refractivity contribution in [1.29, 1.82) is 0 Å². The maximum atomic E-state index is 2.59. The maximum absolute atomic E-state index is 2.59. The molecule has 2 aliphatic heterocycles. The third-order valence-electron chi connectivity index (χ3n) is 17.6. The van der Waals surface area contributed by atoms with Gasteiger partial charge in [0.25, 0.3) is 6.71 Å². The minimum Gasteiger partial charge on any atom is -0.311 e. The molecule has 2 aliphatic rings. The molecule has 5 heteroatoms. The van der Waals surface area contributed by atoms with Crippen LogP contribution >= 0.6 is 0 Å². The highest BCUT2D eigenvalue weighted by Crippen LogP contribution is 2.48. The van der Waals surface area contributed by atoms with Crippen molar-refractivity contribution in [3.63, 3.8) is 0 Å². The van der Waals surface area contributed by atoms with Gasteiger partial charge >= 0.3 is 0 Å². The largest absolute Gasteiger partial charge is 0.311 e. The summed E-state index contributed by atoms with van der Waals surface area (Å²) in [5, 5.41) is 4.96. The lowest BCUT2D eigenvalue weighted by Gasteiger charge is -2.45. The standard InChI is InChI=1S/C79H53BN4/c1-52-42-77-79-78(43-52)84(64-48-59(55-26-10-4-11-27-55)45-60(49-64)56-28-12-5-13-29-56)76-41-39-62(82-73-36-20-16-32-67(73)68-33-17-21-37-74(68)82)51-70(76)80(79)69-50-61(81-71-34-18-14-30-65(71)66-31-15-19-35-72(66)81)38-40-75(69)83(77)63-46-57(53-22-6-2-7-23-53)44-58(47-63)54-24-8-3-9-25-54/h2-51H,1H3. The van der Waals surface area contributed by atoms with Gasteiger partial charge in [-0.1, -0.05) is 194 Å². The van der Waals surface area contributed by atoms with Crippen molar-refractivity contribution in [3.8, 4) is 55.9 Å². The van der Waals surface area contributed by atoms with Gasteiger partial charge in [-0.3, -0.25) is 0 Å². The minimum atomic E-state index is -0.189. The third kappa shape index (κ3) is 7.56. The van der Waals surface area contributed by atoms with Crippen molar-refractivity contribution >= 4 is 101 Å². The van der Waals surface area contributed by atoms with E-state index in [-0.39, 0.29) is 6.71 Å². The molecule has 13 aromatic carbocycles. The maximum Gasteiger partial charge on any atom is 0.252 e. The fourth-order valence-electron chi connectivity index (χ4n) is 14.0. The summed E-state index contributed by atoms with van der Waals surface area (Å²) in [6.45, 7) is 2.08. The molecular weight excluding hydrogens is 1020 g/mol. The molecule has 0 aliphatic carbocycles. The van der Waals surface area contributed by atoms with Gasteiger partial charge in [0.1, 0.15) is 0 Å². The lowest BCUT2D eigenvalue weighted by molar-refractivity contribution is 1.17. The van der Waals surface area contributed by atoms with Crippen LogP contribution in [0.25, 0.3) is 99.5 Å². The van der Waals surface area contributed by atoms with Crippen LogP contribution in [0.5, 0.6) is 0 Å². The number of aryl methyl sites for hydroxylation is 1. The number of hydrogen-bond acceptors (Lipinski definition) is 2. The molecule has 0 amide bonds. The van der Waals surface area contributed by atoms with Crippen molar-refractivity contribution in [1.82, 2.24) is 9.13 Å². The molecule has 0 spiro atoms. The Labute approximate surface area is 488 Å². The van der Waals surface area contributed by atoms with Gasteiger partial charge in [-0.2, -0.15) is 0 Å². The Bertz CT molecular complexity index is 4560. The Hall–Kier alpha value is -10.9. The lowest BCUT2D eigenvalue weighted by atomic mass is 9.33. The second-order valence-corrected chi connectivity index (χ2v) is 22.5. The molecule has 0 N–H and O–H groups in total. The summed E-state index contributed by atoms with van der Waals surface area (Å²) in [7, 11) is 0. The van der Waals surface area contributed by atoms with Crippen LogP contribution in [0.15, 0.2) is 303 Å². The van der Waals surface area contributed by atoms with Crippen LogP contribution in [0.4, 0.5) is 34.1 Å². The molecule has 392 valence electrons. The van der Waals surface area contributed by atoms with Crippen LogP contribution in [0.1, 0.15) is 5.56 Å². The summed E-state index contributed by atoms with van der Waals surface area (Å²) < 4.78 is 4.96. The summed E-state index contributed by atoms with van der Waals surface area (Å²) in [6.07, 6.45) is 0. The smallest absolute Gasteiger partial charge is 0.252 e. The first-order chi connectivity index (χ1) is 41.6. The highest BCUT2D eigenvalue weighted by molar-refractivity contribution is 7.00. The molecular formula is C79H53BN4. The molecule has 0 atom stereocenters. The van der Waals surface area contributed by atoms with Crippen LogP contribution in [0.3, 0.4) is 0 Å². The van der Waals surface area contributed by atoms with Gasteiger partial charge in [-0.15, -0.1) is 0 Å². The van der Waals surface area contributed by atoms with Crippen LogP contribution in [-0.4, -0.2) is 15.8 Å². The van der Waals surface area contributed by atoms with Crippen molar-refractivity contribution < 1.29 is 0 Å². The van der Waals surface area contributed by atoms with Gasteiger partial charge in [-0.25, -0.2) is 0 Å². The van der Waals surface area contributed by atoms with Crippen LogP contribution in [-0.2, 0) is 0 Å². The van der Waals surface area contributed by atoms with Crippen LogP contribution in [0.2, 0.25) is 0 Å². The number of aromatic nitrogens is 2. The number of benzene rings is 13. The van der Waals surface area contributed by atoms with E-state index in [4.69, 9.17) is 0 Å². The van der Waals surface area contributed by atoms with Crippen molar-refractivity contribution in [3.05, 3.63) is 309 Å². The fourth-order valence-corrected chi connectivity index (χ4v) is 14.0. The molecule has 0 unspecified atom stereocenters. The van der Waals surface area contributed by atoms with Gasteiger partial charge in [0.05, 0.1) is 22.1 Å². The molecule has 0 saturated heterocycles. The number of fused-ring (bicyclic) bond motifs is 10. The first-order valence-electron chi connectivity index (χ1n) is 29.1. The molecule has 0 fully saturated rings. The average Bonchev–Trinajstić information content (AvgIpc) is 1.39. The Morgan fingerprint density at radius 3 is 0.857 bits per heavy atom. The quantitative estimate of drug-likeness (QED) is 0.141. The Kier molecular flexibility index (Phi) is 10.9. The Morgan fingerprint density at radius 1 is 0.238 bits per heavy atom. The second-order valence-electron chi connectivity index (χ2n) is 22.5. The molecule has 0 saturated carbocycles. The van der Waals surface area contributed by atoms with E-state index in [0.717, 1.165) is 67.8 Å². The van der Waals surface area contributed by atoms with Gasteiger partial charge in [0.2, 0.25) is 0 Å². The zero-order valence-corrected chi connectivity index (χ0v) is 46.2. The first kappa shape index (κ1) is 47.9. The van der Waals surface area contributed by atoms with Crippen molar-refractivity contribution in [2.75, 3.05) is 9.80 Å². The number of para-hydroxylation sites is 4. The van der Waals surface area contributed by atoms with Gasteiger partial charge in [0.15, 0.2) is 0 Å². The summed E-state index contributed by atoms with van der Waals surface area (Å²) in [5.41, 5.74) is 28.0. The zero-order valence-electron chi connectivity index (χ0n) is 46.2. The highest BCUT2D eigenvalue weighted by Gasteiger charge is 2.44. The normalized spacial score (nSPS) is 12.5. The second kappa shape index (κ2) is 19.1. The number of hydrogen-bond donors (Lipinski definition) is 0. The predicted octanol–water partition coefficient (Wildman–Crippen LogP) is 18.9.